The van der Waals surface area contributed by atoms with Crippen LogP contribution in [-0.2, 0) is 0 Å². The van der Waals surface area contributed by atoms with Gasteiger partial charge in [-0.05, 0) is 12.5 Å². The second kappa shape index (κ2) is 7.52. The number of nitro benzene ring substituents is 1. The van der Waals surface area contributed by atoms with Gasteiger partial charge in [-0.3, -0.25) is 19.8 Å². The first-order valence-corrected chi connectivity index (χ1v) is 7.68. The van der Waals surface area contributed by atoms with Crippen LogP contribution < -0.4 is 5.73 Å². The largest absolute Gasteiger partial charge is 0.398 e. The summed E-state index contributed by atoms with van der Waals surface area (Å²) in [6.45, 7) is 2.47. The molecule has 132 valence electrons. The molecule has 1 aromatic rings. The molecule has 7 nitrogen and oxygen atoms in total. The predicted molar refractivity (Wildman–Crippen MR) is 85.1 cm³/mol. The number of benzene rings is 1. The van der Waals surface area contributed by atoms with E-state index in [1.807, 2.05) is 6.92 Å². The van der Waals surface area contributed by atoms with Gasteiger partial charge in [0.2, 0.25) is 0 Å². The van der Waals surface area contributed by atoms with Crippen molar-refractivity contribution in [3.63, 3.8) is 0 Å². The van der Waals surface area contributed by atoms with Gasteiger partial charge in [-0.15, -0.1) is 0 Å². The molecule has 1 aromatic carbocycles. The third kappa shape index (κ3) is 3.97. The molecule has 1 atom stereocenters. The molecule has 0 radical (unpaired) electrons. The smallest absolute Gasteiger partial charge is 0.270 e. The first kappa shape index (κ1) is 18.1. The molecule has 0 bridgehead atoms. The summed E-state index contributed by atoms with van der Waals surface area (Å²) < 4.78 is 25.2. The monoisotopic (exact) mass is 342 g/mol. The molecular formula is C15H20F2N4O3. The van der Waals surface area contributed by atoms with Gasteiger partial charge in [-0.2, -0.15) is 0 Å². The number of halogens is 2. The number of nitrogens with two attached hydrogens (primary N) is 1. The van der Waals surface area contributed by atoms with Crippen LogP contribution in [0.2, 0.25) is 0 Å². The SMILES string of the molecule is CC[C@H]1CN(C(=O)c2cc([N+](=O)[O-])ccc2N)CCN1CC(F)F. The summed E-state index contributed by atoms with van der Waals surface area (Å²) in [5.74, 6) is -0.411. The molecule has 0 aromatic heterocycles. The highest BCUT2D eigenvalue weighted by Gasteiger charge is 2.31. The lowest BCUT2D eigenvalue weighted by molar-refractivity contribution is -0.384. The Bertz CT molecular complexity index is 627. The Labute approximate surface area is 138 Å². The molecule has 9 heteroatoms. The van der Waals surface area contributed by atoms with Gasteiger partial charge in [-0.25, -0.2) is 8.78 Å². The third-order valence-corrected chi connectivity index (χ3v) is 4.21. The molecule has 24 heavy (non-hydrogen) atoms. The summed E-state index contributed by atoms with van der Waals surface area (Å²) in [5.41, 5.74) is 5.80. The quantitative estimate of drug-likeness (QED) is 0.502. The normalized spacial score (nSPS) is 18.8. The van der Waals surface area contributed by atoms with E-state index < -0.39 is 17.3 Å². The zero-order valence-electron chi connectivity index (χ0n) is 13.3. The van der Waals surface area contributed by atoms with E-state index in [-0.39, 0.29) is 36.1 Å². The van der Waals surface area contributed by atoms with Crippen molar-refractivity contribution in [3.05, 3.63) is 33.9 Å². The average Bonchev–Trinajstić information content (AvgIpc) is 2.54. The number of rotatable bonds is 5. The number of hydrogen-bond acceptors (Lipinski definition) is 5. The van der Waals surface area contributed by atoms with E-state index in [1.54, 1.807) is 4.90 Å². The van der Waals surface area contributed by atoms with Crippen LogP contribution in [0.25, 0.3) is 0 Å². The molecule has 0 aliphatic carbocycles. The molecule has 0 unspecified atom stereocenters. The maximum absolute atomic E-state index is 12.6. The van der Waals surface area contributed by atoms with Gasteiger partial charge in [0.15, 0.2) is 0 Å². The molecule has 2 N–H and O–H groups in total. The van der Waals surface area contributed by atoms with E-state index >= 15 is 0 Å². The number of carbonyl (C=O) groups excluding carboxylic acids is 1. The maximum Gasteiger partial charge on any atom is 0.270 e. The Morgan fingerprint density at radius 1 is 1.46 bits per heavy atom. The first-order valence-electron chi connectivity index (χ1n) is 7.68. The Morgan fingerprint density at radius 2 is 2.17 bits per heavy atom. The minimum atomic E-state index is -2.42. The molecule has 1 heterocycles. The molecule has 0 saturated carbocycles. The number of nitro groups is 1. The van der Waals surface area contributed by atoms with Gasteiger partial charge in [0.25, 0.3) is 18.0 Å². The van der Waals surface area contributed by atoms with E-state index in [0.717, 1.165) is 6.07 Å². The van der Waals surface area contributed by atoms with Crippen LogP contribution in [0.4, 0.5) is 20.2 Å². The first-order chi connectivity index (χ1) is 11.3. The third-order valence-electron chi connectivity index (χ3n) is 4.21. The van der Waals surface area contributed by atoms with E-state index in [9.17, 15) is 23.7 Å². The summed E-state index contributed by atoms with van der Waals surface area (Å²) >= 11 is 0. The number of anilines is 1. The van der Waals surface area contributed by atoms with E-state index in [2.05, 4.69) is 0 Å². The number of hydrogen-bond donors (Lipinski definition) is 1. The van der Waals surface area contributed by atoms with Crippen molar-refractivity contribution in [1.29, 1.82) is 0 Å². The minimum absolute atomic E-state index is 0.0707. The van der Waals surface area contributed by atoms with Gasteiger partial charge in [0, 0.05) is 43.5 Å². The van der Waals surface area contributed by atoms with Crippen molar-refractivity contribution in [1.82, 2.24) is 9.80 Å². The highest BCUT2D eigenvalue weighted by molar-refractivity contribution is 5.99. The minimum Gasteiger partial charge on any atom is -0.398 e. The van der Waals surface area contributed by atoms with Crippen LogP contribution in [0.1, 0.15) is 23.7 Å². The fraction of sp³-hybridized carbons (Fsp3) is 0.533. The predicted octanol–water partition coefficient (Wildman–Crippen LogP) is 1.98. The highest BCUT2D eigenvalue weighted by atomic mass is 19.3. The van der Waals surface area contributed by atoms with Crippen LogP contribution in [0.3, 0.4) is 0 Å². The van der Waals surface area contributed by atoms with Crippen LogP contribution in [0.5, 0.6) is 0 Å². The molecule has 2 rings (SSSR count). The number of alkyl halides is 2. The van der Waals surface area contributed by atoms with Gasteiger partial charge < -0.3 is 10.6 Å². The zero-order valence-corrected chi connectivity index (χ0v) is 13.3. The zero-order chi connectivity index (χ0) is 17.9. The lowest BCUT2D eigenvalue weighted by Gasteiger charge is -2.41. The molecule has 0 spiro atoms. The van der Waals surface area contributed by atoms with Crippen molar-refractivity contribution in [2.75, 3.05) is 31.9 Å². The van der Waals surface area contributed by atoms with E-state index in [0.29, 0.717) is 19.5 Å². The summed E-state index contributed by atoms with van der Waals surface area (Å²) in [7, 11) is 0. The van der Waals surface area contributed by atoms with Crippen molar-refractivity contribution < 1.29 is 18.5 Å². The standard InChI is InChI=1S/C15H20F2N4O3/c1-2-10-8-20(6-5-19(10)9-14(16)17)15(22)12-7-11(21(23)24)3-4-13(12)18/h3-4,7,10,14H,2,5-6,8-9,18H2,1H3/t10-/m0/s1. The summed E-state index contributed by atoms with van der Waals surface area (Å²) in [4.78, 5) is 26.1. The molecule has 1 amide bonds. The second-order valence-corrected chi connectivity index (χ2v) is 5.73. The Balaban J connectivity index is 2.16. The lowest BCUT2D eigenvalue weighted by Crippen LogP contribution is -2.55. The fourth-order valence-electron chi connectivity index (χ4n) is 2.90. The van der Waals surface area contributed by atoms with Gasteiger partial charge in [0.05, 0.1) is 17.0 Å². The molecule has 1 aliphatic rings. The van der Waals surface area contributed by atoms with Crippen molar-refractivity contribution in [2.24, 2.45) is 0 Å². The topological polar surface area (TPSA) is 92.7 Å². The van der Waals surface area contributed by atoms with Crippen molar-refractivity contribution in [3.8, 4) is 0 Å². The fourth-order valence-corrected chi connectivity index (χ4v) is 2.90. The van der Waals surface area contributed by atoms with Crippen LogP contribution >= 0.6 is 0 Å². The Morgan fingerprint density at radius 3 is 2.75 bits per heavy atom. The van der Waals surface area contributed by atoms with Crippen LogP contribution in [-0.4, -0.2) is 59.3 Å². The molecular weight excluding hydrogens is 322 g/mol. The van der Waals surface area contributed by atoms with Gasteiger partial charge in [-0.1, -0.05) is 6.92 Å². The van der Waals surface area contributed by atoms with Gasteiger partial charge in [0.1, 0.15) is 0 Å². The van der Waals surface area contributed by atoms with Crippen molar-refractivity contribution >= 4 is 17.3 Å². The average molecular weight is 342 g/mol. The van der Waals surface area contributed by atoms with Crippen LogP contribution in [0, 0.1) is 10.1 Å². The van der Waals surface area contributed by atoms with Gasteiger partial charge >= 0.3 is 0 Å². The number of nitrogens with zero attached hydrogens (tertiary/aromatic N) is 3. The van der Waals surface area contributed by atoms with Crippen LogP contribution in [0.15, 0.2) is 18.2 Å². The molecule has 1 saturated heterocycles. The number of piperazine rings is 1. The second-order valence-electron chi connectivity index (χ2n) is 5.73. The molecule has 1 fully saturated rings. The van der Waals surface area contributed by atoms with Crippen molar-refractivity contribution in [2.45, 2.75) is 25.8 Å². The number of amides is 1. The maximum atomic E-state index is 12.6. The number of carbonyl (C=O) groups is 1. The van der Waals surface area contributed by atoms with E-state index in [1.165, 1.54) is 17.0 Å². The van der Waals surface area contributed by atoms with E-state index in [4.69, 9.17) is 5.73 Å². The lowest BCUT2D eigenvalue weighted by atomic mass is 10.1. The summed E-state index contributed by atoms with van der Waals surface area (Å²) in [6.07, 6.45) is -1.80. The Hall–Kier alpha value is -2.29. The summed E-state index contributed by atoms with van der Waals surface area (Å²) in [5, 5.41) is 10.9. The molecule has 1 aliphatic heterocycles. The summed E-state index contributed by atoms with van der Waals surface area (Å²) in [6, 6.07) is 3.55. The highest BCUT2D eigenvalue weighted by Crippen LogP contribution is 2.23. The number of non-ortho nitro benzene ring substituents is 1. The number of nitrogen functional groups attached to an aromatic ring is 1. The Kier molecular flexibility index (Phi) is 5.66.